The standard InChI is InChI=1S/C22H28N2O9/c1-21(2,3)24-17(26)14-15(18(24)27)22(9-25,20(29)30)23-16(14)11-7-10(31-4)8-12(32-5)13(11)19(28)33-6/h7-8,14-16,23,25H,9H2,1-6H3,(H,29,30). The number of likely N-dealkylation sites (tertiary alicyclic amines) is 1. The Morgan fingerprint density at radius 3 is 2.21 bits per heavy atom. The molecule has 11 heteroatoms. The number of ether oxygens (including phenoxy) is 3. The summed E-state index contributed by atoms with van der Waals surface area (Å²) in [6.45, 7) is 4.01. The molecule has 3 N–H and O–H groups in total. The highest BCUT2D eigenvalue weighted by molar-refractivity contribution is 6.10. The number of hydrogen-bond donors (Lipinski definition) is 3. The van der Waals surface area contributed by atoms with Crippen LogP contribution in [0.4, 0.5) is 0 Å². The number of benzene rings is 1. The van der Waals surface area contributed by atoms with Crippen molar-refractivity contribution < 1.29 is 43.6 Å². The molecule has 33 heavy (non-hydrogen) atoms. The van der Waals surface area contributed by atoms with Crippen LogP contribution in [-0.2, 0) is 19.1 Å². The highest BCUT2D eigenvalue weighted by atomic mass is 16.5. The largest absolute Gasteiger partial charge is 0.497 e. The topological polar surface area (TPSA) is 152 Å². The minimum atomic E-state index is -2.15. The third-order valence-corrected chi connectivity index (χ3v) is 6.24. The molecule has 2 heterocycles. The fourth-order valence-electron chi connectivity index (χ4n) is 4.80. The molecule has 2 aliphatic rings. The second kappa shape index (κ2) is 8.31. The molecule has 1 aromatic carbocycles. The zero-order chi connectivity index (χ0) is 24.9. The van der Waals surface area contributed by atoms with Gasteiger partial charge >= 0.3 is 11.9 Å². The number of hydrogen-bond acceptors (Lipinski definition) is 9. The number of carboxylic acids is 1. The number of aliphatic carboxylic acids is 1. The van der Waals surface area contributed by atoms with E-state index in [4.69, 9.17) is 14.2 Å². The van der Waals surface area contributed by atoms with E-state index in [9.17, 15) is 29.4 Å². The molecule has 2 aliphatic heterocycles. The molecule has 0 bridgehead atoms. The van der Waals surface area contributed by atoms with Crippen molar-refractivity contribution in [2.45, 2.75) is 37.9 Å². The zero-order valence-electron chi connectivity index (χ0n) is 19.3. The Hall–Kier alpha value is -3.18. The van der Waals surface area contributed by atoms with Crippen LogP contribution in [-0.4, -0.2) is 77.9 Å². The zero-order valence-corrected chi connectivity index (χ0v) is 19.3. The molecule has 2 fully saturated rings. The number of nitrogens with zero attached hydrogens (tertiary/aromatic N) is 1. The lowest BCUT2D eigenvalue weighted by Crippen LogP contribution is -2.59. The Morgan fingerprint density at radius 2 is 1.76 bits per heavy atom. The molecule has 4 unspecified atom stereocenters. The lowest BCUT2D eigenvalue weighted by atomic mass is 9.79. The van der Waals surface area contributed by atoms with Gasteiger partial charge in [-0.2, -0.15) is 0 Å². The highest BCUT2D eigenvalue weighted by Crippen LogP contribution is 2.51. The van der Waals surface area contributed by atoms with E-state index in [1.54, 1.807) is 20.8 Å². The smallest absolute Gasteiger partial charge is 0.341 e. The number of esters is 1. The van der Waals surface area contributed by atoms with Crippen LogP contribution in [0.25, 0.3) is 0 Å². The van der Waals surface area contributed by atoms with E-state index in [2.05, 4.69) is 5.32 Å². The first kappa shape index (κ1) is 24.5. The summed E-state index contributed by atoms with van der Waals surface area (Å²) < 4.78 is 15.5. The SMILES string of the molecule is COC(=O)c1c(OC)cc(OC)cc1C1NC(CO)(C(=O)O)C2C(=O)N(C(C)(C)C)C(=O)C12. The van der Waals surface area contributed by atoms with Crippen molar-refractivity contribution in [3.63, 3.8) is 0 Å². The molecule has 0 aromatic heterocycles. The van der Waals surface area contributed by atoms with Crippen LogP contribution in [0.1, 0.15) is 42.7 Å². The van der Waals surface area contributed by atoms with Crippen molar-refractivity contribution in [1.29, 1.82) is 0 Å². The van der Waals surface area contributed by atoms with Crippen molar-refractivity contribution in [2.75, 3.05) is 27.9 Å². The number of aliphatic hydroxyl groups excluding tert-OH is 1. The van der Waals surface area contributed by atoms with Crippen molar-refractivity contribution in [2.24, 2.45) is 11.8 Å². The first-order chi connectivity index (χ1) is 15.4. The lowest BCUT2D eigenvalue weighted by molar-refractivity contribution is -0.155. The third-order valence-electron chi connectivity index (χ3n) is 6.24. The summed E-state index contributed by atoms with van der Waals surface area (Å²) in [7, 11) is 3.89. The van der Waals surface area contributed by atoms with Crippen molar-refractivity contribution in [3.8, 4) is 11.5 Å². The average Bonchev–Trinajstić information content (AvgIpc) is 3.26. The number of carbonyl (C=O) groups is 4. The van der Waals surface area contributed by atoms with E-state index in [0.29, 0.717) is 0 Å². The van der Waals surface area contributed by atoms with Crippen LogP contribution < -0.4 is 14.8 Å². The molecule has 3 rings (SSSR count). The number of rotatable bonds is 6. The van der Waals surface area contributed by atoms with E-state index in [-0.39, 0.29) is 22.6 Å². The van der Waals surface area contributed by atoms with Gasteiger partial charge in [0.05, 0.1) is 39.8 Å². The molecular weight excluding hydrogens is 436 g/mol. The van der Waals surface area contributed by atoms with Gasteiger partial charge in [-0.3, -0.25) is 24.6 Å². The number of carbonyl (C=O) groups excluding carboxylic acids is 3. The van der Waals surface area contributed by atoms with Crippen LogP contribution >= 0.6 is 0 Å². The van der Waals surface area contributed by atoms with Gasteiger partial charge in [0.2, 0.25) is 11.8 Å². The first-order valence-electron chi connectivity index (χ1n) is 10.2. The molecule has 1 aromatic rings. The lowest BCUT2D eigenvalue weighted by Gasteiger charge is -2.34. The highest BCUT2D eigenvalue weighted by Gasteiger charge is 2.69. The predicted molar refractivity (Wildman–Crippen MR) is 113 cm³/mol. The number of imide groups is 1. The second-order valence-corrected chi connectivity index (χ2v) is 9.03. The van der Waals surface area contributed by atoms with Crippen molar-refractivity contribution in [3.05, 3.63) is 23.3 Å². The first-order valence-corrected chi connectivity index (χ1v) is 10.2. The maximum Gasteiger partial charge on any atom is 0.341 e. The summed E-state index contributed by atoms with van der Waals surface area (Å²) in [5.74, 6) is -5.86. The predicted octanol–water partition coefficient (Wildman–Crippen LogP) is 0.350. The van der Waals surface area contributed by atoms with Crippen LogP contribution in [0.15, 0.2) is 12.1 Å². The summed E-state index contributed by atoms with van der Waals surface area (Å²) in [4.78, 5) is 53.0. The number of methoxy groups -OCH3 is 3. The summed E-state index contributed by atoms with van der Waals surface area (Å²) in [6.07, 6.45) is 0. The van der Waals surface area contributed by atoms with E-state index >= 15 is 0 Å². The minimum Gasteiger partial charge on any atom is -0.497 e. The molecular formula is C22H28N2O9. The molecule has 2 amide bonds. The van der Waals surface area contributed by atoms with Gasteiger partial charge in [0, 0.05) is 17.6 Å². The van der Waals surface area contributed by atoms with Gasteiger partial charge in [-0.05, 0) is 32.4 Å². The molecule has 0 radical (unpaired) electrons. The Bertz CT molecular complexity index is 1020. The van der Waals surface area contributed by atoms with Gasteiger partial charge < -0.3 is 24.4 Å². The van der Waals surface area contributed by atoms with Crippen molar-refractivity contribution >= 4 is 23.8 Å². The van der Waals surface area contributed by atoms with Gasteiger partial charge in [0.1, 0.15) is 17.1 Å². The van der Waals surface area contributed by atoms with Gasteiger partial charge in [0.15, 0.2) is 5.54 Å². The van der Waals surface area contributed by atoms with Crippen LogP contribution in [0.5, 0.6) is 11.5 Å². The molecule has 11 nitrogen and oxygen atoms in total. The molecule has 180 valence electrons. The number of carboxylic acid groups (broad SMARTS) is 1. The van der Waals surface area contributed by atoms with Crippen LogP contribution in [0.2, 0.25) is 0 Å². The maximum atomic E-state index is 13.5. The quantitative estimate of drug-likeness (QED) is 0.397. The Balaban J connectivity index is 2.32. The Kier molecular flexibility index (Phi) is 6.16. The van der Waals surface area contributed by atoms with Gasteiger partial charge in [0.25, 0.3) is 0 Å². The number of amides is 2. The summed E-state index contributed by atoms with van der Waals surface area (Å²) in [6, 6.07) is 1.76. The Morgan fingerprint density at radius 1 is 1.12 bits per heavy atom. The Labute approximate surface area is 190 Å². The van der Waals surface area contributed by atoms with E-state index in [1.165, 1.54) is 33.5 Å². The molecule has 0 aliphatic carbocycles. The van der Waals surface area contributed by atoms with E-state index in [0.717, 1.165) is 4.90 Å². The molecule has 2 saturated heterocycles. The normalized spacial score (nSPS) is 26.9. The van der Waals surface area contributed by atoms with E-state index in [1.807, 2.05) is 0 Å². The summed E-state index contributed by atoms with van der Waals surface area (Å²) in [5, 5.41) is 23.0. The fourth-order valence-corrected chi connectivity index (χ4v) is 4.80. The average molecular weight is 464 g/mol. The number of nitrogens with one attached hydrogen (secondary N) is 1. The van der Waals surface area contributed by atoms with Crippen LogP contribution in [0.3, 0.4) is 0 Å². The van der Waals surface area contributed by atoms with Crippen molar-refractivity contribution in [1.82, 2.24) is 10.2 Å². The second-order valence-electron chi connectivity index (χ2n) is 9.03. The molecule has 0 saturated carbocycles. The van der Waals surface area contributed by atoms with Crippen LogP contribution in [0, 0.1) is 11.8 Å². The fraction of sp³-hybridized carbons (Fsp3) is 0.545. The molecule has 0 spiro atoms. The van der Waals surface area contributed by atoms with Gasteiger partial charge in [-0.25, -0.2) is 4.79 Å². The maximum absolute atomic E-state index is 13.5. The number of fused-ring (bicyclic) bond motifs is 1. The monoisotopic (exact) mass is 464 g/mol. The summed E-state index contributed by atoms with van der Waals surface area (Å²) >= 11 is 0. The van der Waals surface area contributed by atoms with Gasteiger partial charge in [-0.15, -0.1) is 0 Å². The number of aliphatic hydroxyl groups is 1. The summed E-state index contributed by atoms with van der Waals surface area (Å²) in [5.41, 5.74) is -2.97. The third kappa shape index (κ3) is 3.51. The minimum absolute atomic E-state index is 0.0503. The molecule has 4 atom stereocenters. The van der Waals surface area contributed by atoms with Gasteiger partial charge in [-0.1, -0.05) is 0 Å². The van der Waals surface area contributed by atoms with E-state index < -0.39 is 59.3 Å².